The molecule has 2 aliphatic heterocycles. The summed E-state index contributed by atoms with van der Waals surface area (Å²) in [5, 5.41) is 9.96. The van der Waals surface area contributed by atoms with Gasteiger partial charge in [0.1, 0.15) is 0 Å². The number of thioether (sulfide) groups is 2. The molecular weight excluding hydrogens is 409 g/mol. The SMILES string of the molecule is CCCCCCCC/[SiH]=C1\C=CSC1C1SC=C/C1=[SiH]\CCCCCCCC. The van der Waals surface area contributed by atoms with Crippen LogP contribution in [-0.4, -0.2) is 39.1 Å². The van der Waals surface area contributed by atoms with Crippen LogP contribution >= 0.6 is 23.5 Å². The molecule has 2 rings (SSSR count). The molecule has 158 valence electrons. The van der Waals surface area contributed by atoms with E-state index in [0.717, 1.165) is 10.5 Å². The fourth-order valence-electron chi connectivity index (χ4n) is 4.00. The Kier molecular flexibility index (Phi) is 14.2. The Hall–Kier alpha value is 0.354. The van der Waals surface area contributed by atoms with E-state index in [1.807, 2.05) is 10.3 Å². The fourth-order valence-corrected chi connectivity index (χ4v) is 10.8. The van der Waals surface area contributed by atoms with E-state index < -0.39 is 0 Å². The summed E-state index contributed by atoms with van der Waals surface area (Å²) in [7, 11) is 1.03. The van der Waals surface area contributed by atoms with Crippen molar-refractivity contribution in [2.45, 2.75) is 113 Å². The van der Waals surface area contributed by atoms with E-state index in [2.05, 4.69) is 60.3 Å². The zero-order valence-corrected chi connectivity index (χ0v) is 22.3. The second-order valence-electron chi connectivity index (χ2n) is 8.24. The van der Waals surface area contributed by atoms with Crippen LogP contribution in [0.1, 0.15) is 90.9 Å². The van der Waals surface area contributed by atoms with E-state index in [1.54, 1.807) is 0 Å². The minimum absolute atomic E-state index is 0.517. The van der Waals surface area contributed by atoms with E-state index in [1.165, 1.54) is 89.1 Å². The van der Waals surface area contributed by atoms with Gasteiger partial charge in [-0.3, -0.25) is 0 Å². The lowest BCUT2D eigenvalue weighted by atomic mass is 10.1. The molecule has 28 heavy (non-hydrogen) atoms. The van der Waals surface area contributed by atoms with Gasteiger partial charge in [-0.05, 0) is 41.2 Å². The van der Waals surface area contributed by atoms with Crippen LogP contribution in [-0.2, 0) is 0 Å². The average Bonchev–Trinajstić information content (AvgIpc) is 3.35. The predicted molar refractivity (Wildman–Crippen MR) is 142 cm³/mol. The molecule has 4 heteroatoms. The zero-order valence-electron chi connectivity index (χ0n) is 18.3. The number of allylic oxidation sites excluding steroid dienone is 2. The minimum Gasteiger partial charge on any atom is -0.125 e. The summed E-state index contributed by atoms with van der Waals surface area (Å²) in [6.45, 7) is 4.61. The number of unbranched alkanes of at least 4 members (excludes halogenated alkanes) is 10. The molecule has 0 radical (unpaired) electrons. The molecule has 0 saturated carbocycles. The van der Waals surface area contributed by atoms with Crippen LogP contribution in [0.4, 0.5) is 0 Å². The van der Waals surface area contributed by atoms with Crippen LogP contribution in [0, 0.1) is 0 Å². The molecule has 0 aliphatic carbocycles. The van der Waals surface area contributed by atoms with Gasteiger partial charge in [0.05, 0.1) is 0 Å². The van der Waals surface area contributed by atoms with Gasteiger partial charge in [-0.15, -0.1) is 23.5 Å². The molecule has 0 aromatic rings. The quantitative estimate of drug-likeness (QED) is 0.194. The third kappa shape index (κ3) is 9.44. The Bertz CT molecular complexity index is 489. The van der Waals surface area contributed by atoms with E-state index in [0.29, 0.717) is 18.3 Å². The van der Waals surface area contributed by atoms with Crippen LogP contribution in [0.3, 0.4) is 0 Å². The van der Waals surface area contributed by atoms with Crippen LogP contribution in [0.25, 0.3) is 0 Å². The summed E-state index contributed by atoms with van der Waals surface area (Å²) in [6.07, 6.45) is 22.2. The Morgan fingerprint density at radius 3 is 1.43 bits per heavy atom. The van der Waals surface area contributed by atoms with E-state index in [4.69, 9.17) is 0 Å². The molecule has 0 fully saturated rings. The second kappa shape index (κ2) is 16.1. The van der Waals surface area contributed by atoms with Crippen LogP contribution in [0.5, 0.6) is 0 Å². The first kappa shape index (κ1) is 24.6. The predicted octanol–water partition coefficient (Wildman–Crippen LogP) is 7.02. The lowest BCUT2D eigenvalue weighted by Gasteiger charge is -2.21. The molecule has 0 aromatic heterocycles. The standard InChI is InChI=1S/C24H42S2Si2/c1-3-5-7-9-11-13-19-27-21-15-17-25-23(21)24-22(16-18-26-24)28-20-14-12-10-8-6-4-2/h15-18,23-24,27-28H,3-14,19-20H2,1-2H3/b27-21+,28-22+. The lowest BCUT2D eigenvalue weighted by molar-refractivity contribution is 0.624. The van der Waals surface area contributed by atoms with E-state index in [-0.39, 0.29) is 0 Å². The third-order valence-corrected chi connectivity index (χ3v) is 12.1. The van der Waals surface area contributed by atoms with Gasteiger partial charge in [-0.25, -0.2) is 0 Å². The van der Waals surface area contributed by atoms with Crippen molar-refractivity contribution in [1.82, 2.24) is 0 Å². The summed E-state index contributed by atoms with van der Waals surface area (Å²) in [5.74, 6) is 0. The van der Waals surface area contributed by atoms with Crippen molar-refractivity contribution in [2.24, 2.45) is 0 Å². The van der Waals surface area contributed by atoms with Crippen molar-refractivity contribution in [3.05, 3.63) is 23.0 Å². The summed E-state index contributed by atoms with van der Waals surface area (Å²) >= 11 is 4.23. The fraction of sp³-hybridized carbons (Fsp3) is 0.750. The molecule has 0 spiro atoms. The summed E-state index contributed by atoms with van der Waals surface area (Å²) < 4.78 is 0. The minimum atomic E-state index is 0.517. The molecule has 0 amide bonds. The van der Waals surface area contributed by atoms with Gasteiger partial charge in [-0.1, -0.05) is 113 Å². The number of hydrogen-bond donors (Lipinski definition) is 0. The molecule has 2 unspecified atom stereocenters. The average molecular weight is 451 g/mol. The molecule has 0 nitrogen and oxygen atoms in total. The molecular formula is C24H42S2Si2. The first-order chi connectivity index (χ1) is 13.9. The molecule has 2 heterocycles. The maximum Gasteiger partial charge on any atom is 0.0451 e. The van der Waals surface area contributed by atoms with Gasteiger partial charge in [0.2, 0.25) is 0 Å². The van der Waals surface area contributed by atoms with Crippen molar-refractivity contribution >= 4 is 52.1 Å². The number of hydrogen-bond acceptors (Lipinski definition) is 2. The van der Waals surface area contributed by atoms with Gasteiger partial charge in [0.15, 0.2) is 0 Å². The first-order valence-electron chi connectivity index (χ1n) is 11.9. The molecule has 0 N–H and O–H groups in total. The van der Waals surface area contributed by atoms with E-state index in [9.17, 15) is 0 Å². The van der Waals surface area contributed by atoms with Crippen molar-refractivity contribution in [3.8, 4) is 0 Å². The molecule has 2 aliphatic rings. The van der Waals surface area contributed by atoms with Gasteiger partial charge < -0.3 is 0 Å². The Morgan fingerprint density at radius 2 is 1.00 bits per heavy atom. The highest BCUT2D eigenvalue weighted by atomic mass is 32.2. The third-order valence-electron chi connectivity index (χ3n) is 5.78. The van der Waals surface area contributed by atoms with Crippen molar-refractivity contribution < 1.29 is 0 Å². The smallest absolute Gasteiger partial charge is 0.0451 e. The number of rotatable bonds is 15. The van der Waals surface area contributed by atoms with Crippen LogP contribution < -0.4 is 0 Å². The normalized spacial score (nSPS) is 24.2. The largest absolute Gasteiger partial charge is 0.125 e. The van der Waals surface area contributed by atoms with Gasteiger partial charge in [-0.2, -0.15) is 0 Å². The monoisotopic (exact) mass is 450 g/mol. The molecule has 2 atom stereocenters. The highest BCUT2D eigenvalue weighted by Crippen LogP contribution is 2.35. The second-order valence-corrected chi connectivity index (χ2v) is 13.6. The van der Waals surface area contributed by atoms with E-state index >= 15 is 0 Å². The van der Waals surface area contributed by atoms with Crippen molar-refractivity contribution in [2.75, 3.05) is 0 Å². The van der Waals surface area contributed by atoms with Crippen molar-refractivity contribution in [1.29, 1.82) is 0 Å². The topological polar surface area (TPSA) is 0 Å². The first-order valence-corrected chi connectivity index (χ1v) is 16.6. The van der Waals surface area contributed by atoms with Crippen LogP contribution in [0.15, 0.2) is 23.0 Å². The zero-order chi connectivity index (χ0) is 19.9. The Balaban J connectivity index is 1.72. The maximum atomic E-state index is 2.49. The Morgan fingerprint density at radius 1 is 0.607 bits per heavy atom. The maximum absolute atomic E-state index is 2.49. The highest BCUT2D eigenvalue weighted by molar-refractivity contribution is 8.08. The van der Waals surface area contributed by atoms with Crippen LogP contribution in [0.2, 0.25) is 12.1 Å². The summed E-state index contributed by atoms with van der Waals surface area (Å²) in [5.41, 5.74) is 0. The highest BCUT2D eigenvalue weighted by Gasteiger charge is 2.30. The molecule has 0 bridgehead atoms. The molecule has 0 saturated heterocycles. The Labute approximate surface area is 188 Å². The van der Waals surface area contributed by atoms with Gasteiger partial charge in [0.25, 0.3) is 0 Å². The van der Waals surface area contributed by atoms with Gasteiger partial charge >= 0.3 is 0 Å². The summed E-state index contributed by atoms with van der Waals surface area (Å²) in [4.78, 5) is 0. The van der Waals surface area contributed by atoms with Gasteiger partial charge in [0, 0.05) is 10.5 Å². The lowest BCUT2D eigenvalue weighted by Crippen LogP contribution is -2.32. The molecule has 0 aromatic carbocycles. The summed E-state index contributed by atoms with van der Waals surface area (Å²) in [6, 6.07) is 2.96. The van der Waals surface area contributed by atoms with Crippen molar-refractivity contribution in [3.63, 3.8) is 0 Å².